The van der Waals surface area contributed by atoms with Crippen LogP contribution in [0.25, 0.3) is 5.69 Å². The maximum absolute atomic E-state index is 12.1. The predicted molar refractivity (Wildman–Crippen MR) is 88.3 cm³/mol. The fraction of sp³-hybridized carbons (Fsp3) is 0.375. The van der Waals surface area contributed by atoms with E-state index in [4.69, 9.17) is 0 Å². The average molecular weight is 321 g/mol. The average Bonchev–Trinajstić information content (AvgIpc) is 3.08. The Morgan fingerprint density at radius 2 is 2.00 bits per heavy atom. The lowest BCUT2D eigenvalue weighted by atomic mass is 9.97. The summed E-state index contributed by atoms with van der Waals surface area (Å²) in [6, 6.07) is 9.98. The highest BCUT2D eigenvalue weighted by molar-refractivity contribution is 5.85. The smallest absolute Gasteiger partial charge is 0.223 e. The molecule has 22 heavy (non-hydrogen) atoms. The second-order valence-corrected chi connectivity index (χ2v) is 5.36. The quantitative estimate of drug-likeness (QED) is 0.904. The molecule has 1 amide bonds. The van der Waals surface area contributed by atoms with Gasteiger partial charge >= 0.3 is 0 Å². The van der Waals surface area contributed by atoms with Gasteiger partial charge in [0.1, 0.15) is 0 Å². The first-order valence-electron chi connectivity index (χ1n) is 7.40. The molecule has 0 spiro atoms. The lowest BCUT2D eigenvalue weighted by Crippen LogP contribution is -2.37. The summed E-state index contributed by atoms with van der Waals surface area (Å²) < 4.78 is 1.82. The number of nitrogens with zero attached hydrogens (tertiary/aromatic N) is 2. The number of nitrogens with one attached hydrogen (secondary N) is 2. The first kappa shape index (κ1) is 16.5. The van der Waals surface area contributed by atoms with Crippen LogP contribution in [0.1, 0.15) is 18.4 Å². The van der Waals surface area contributed by atoms with Crippen molar-refractivity contribution in [3.05, 3.63) is 48.3 Å². The molecule has 2 N–H and O–H groups in total. The normalized spacial score (nSPS) is 15.1. The van der Waals surface area contributed by atoms with Crippen molar-refractivity contribution in [1.82, 2.24) is 20.4 Å². The highest BCUT2D eigenvalue weighted by atomic mass is 35.5. The first-order valence-corrected chi connectivity index (χ1v) is 7.40. The summed E-state index contributed by atoms with van der Waals surface area (Å²) in [6.45, 7) is 2.47. The summed E-state index contributed by atoms with van der Waals surface area (Å²) >= 11 is 0. The first-order chi connectivity index (χ1) is 10.3. The minimum absolute atomic E-state index is 0. The molecule has 1 aromatic carbocycles. The van der Waals surface area contributed by atoms with Gasteiger partial charge in [-0.25, -0.2) is 4.68 Å². The van der Waals surface area contributed by atoms with E-state index in [2.05, 4.69) is 15.7 Å². The molecule has 1 aromatic heterocycles. The van der Waals surface area contributed by atoms with Gasteiger partial charge in [0.05, 0.1) is 5.69 Å². The Bertz CT molecular complexity index is 577. The lowest BCUT2D eigenvalue weighted by molar-refractivity contribution is -0.125. The molecule has 1 aliphatic heterocycles. The zero-order chi connectivity index (χ0) is 14.5. The highest BCUT2D eigenvalue weighted by Gasteiger charge is 2.20. The van der Waals surface area contributed by atoms with Crippen molar-refractivity contribution >= 4 is 18.3 Å². The van der Waals surface area contributed by atoms with Crippen LogP contribution in [-0.4, -0.2) is 28.8 Å². The zero-order valence-electron chi connectivity index (χ0n) is 12.4. The van der Waals surface area contributed by atoms with Crippen molar-refractivity contribution in [3.8, 4) is 5.69 Å². The molecule has 0 radical (unpaired) electrons. The number of carbonyl (C=O) groups is 1. The number of halogens is 1. The summed E-state index contributed by atoms with van der Waals surface area (Å²) in [4.78, 5) is 12.1. The van der Waals surface area contributed by atoms with Gasteiger partial charge in [-0.05, 0) is 49.7 Å². The van der Waals surface area contributed by atoms with Crippen LogP contribution in [0, 0.1) is 5.92 Å². The molecule has 0 atom stereocenters. The second-order valence-electron chi connectivity index (χ2n) is 5.36. The number of amides is 1. The Kier molecular flexibility index (Phi) is 5.98. The van der Waals surface area contributed by atoms with E-state index in [0.29, 0.717) is 6.54 Å². The molecular weight excluding hydrogens is 300 g/mol. The van der Waals surface area contributed by atoms with Crippen LogP contribution in [0.4, 0.5) is 0 Å². The summed E-state index contributed by atoms with van der Waals surface area (Å²) in [5.74, 6) is 0.335. The third-order valence-electron chi connectivity index (χ3n) is 3.88. The van der Waals surface area contributed by atoms with Gasteiger partial charge in [0.2, 0.25) is 5.91 Å². The lowest BCUT2D eigenvalue weighted by Gasteiger charge is -2.21. The molecule has 3 rings (SSSR count). The van der Waals surface area contributed by atoms with Gasteiger partial charge in [0.15, 0.2) is 0 Å². The summed E-state index contributed by atoms with van der Waals surface area (Å²) in [6.07, 6.45) is 5.54. The van der Waals surface area contributed by atoms with Crippen molar-refractivity contribution in [3.63, 3.8) is 0 Å². The van der Waals surface area contributed by atoms with E-state index in [1.165, 1.54) is 0 Å². The molecule has 1 fully saturated rings. The van der Waals surface area contributed by atoms with E-state index in [-0.39, 0.29) is 24.2 Å². The van der Waals surface area contributed by atoms with E-state index in [1.54, 1.807) is 6.20 Å². The van der Waals surface area contributed by atoms with E-state index in [0.717, 1.165) is 37.2 Å². The third-order valence-corrected chi connectivity index (χ3v) is 3.88. The fourth-order valence-electron chi connectivity index (χ4n) is 2.61. The van der Waals surface area contributed by atoms with E-state index in [1.807, 2.05) is 41.2 Å². The third kappa shape index (κ3) is 4.08. The number of benzene rings is 1. The monoisotopic (exact) mass is 320 g/mol. The maximum Gasteiger partial charge on any atom is 0.223 e. The number of piperidine rings is 1. The second kappa shape index (κ2) is 7.96. The molecule has 2 heterocycles. The minimum atomic E-state index is 0. The Labute approximate surface area is 136 Å². The molecule has 0 aliphatic carbocycles. The Morgan fingerprint density at radius 1 is 1.27 bits per heavy atom. The minimum Gasteiger partial charge on any atom is -0.352 e. The summed E-state index contributed by atoms with van der Waals surface area (Å²) in [5, 5.41) is 10.5. The predicted octanol–water partition coefficient (Wildman–Crippen LogP) is 1.91. The zero-order valence-corrected chi connectivity index (χ0v) is 13.2. The largest absolute Gasteiger partial charge is 0.352 e. The van der Waals surface area contributed by atoms with E-state index in [9.17, 15) is 4.79 Å². The summed E-state index contributed by atoms with van der Waals surface area (Å²) in [7, 11) is 0. The van der Waals surface area contributed by atoms with Crippen LogP contribution < -0.4 is 10.6 Å². The molecule has 2 aromatic rings. The Morgan fingerprint density at radius 3 is 2.64 bits per heavy atom. The maximum atomic E-state index is 12.1. The van der Waals surface area contributed by atoms with E-state index < -0.39 is 0 Å². The van der Waals surface area contributed by atoms with Crippen LogP contribution in [0.5, 0.6) is 0 Å². The van der Waals surface area contributed by atoms with Gasteiger partial charge in [-0.3, -0.25) is 4.79 Å². The van der Waals surface area contributed by atoms with Gasteiger partial charge < -0.3 is 10.6 Å². The van der Waals surface area contributed by atoms with Crippen molar-refractivity contribution in [2.75, 3.05) is 13.1 Å². The van der Waals surface area contributed by atoms with Gasteiger partial charge in [0.25, 0.3) is 0 Å². The topological polar surface area (TPSA) is 59.0 Å². The molecule has 0 bridgehead atoms. The van der Waals surface area contributed by atoms with Crippen molar-refractivity contribution in [2.45, 2.75) is 19.4 Å². The Hall–Kier alpha value is -1.85. The number of hydrogen-bond acceptors (Lipinski definition) is 3. The SMILES string of the molecule is Cl.O=C(NCc1ccc(-n2cccn2)cc1)C1CCNCC1. The van der Waals surface area contributed by atoms with Crippen LogP contribution in [0.2, 0.25) is 0 Å². The van der Waals surface area contributed by atoms with Crippen molar-refractivity contribution in [2.24, 2.45) is 5.92 Å². The van der Waals surface area contributed by atoms with Gasteiger partial charge in [-0.15, -0.1) is 12.4 Å². The number of aromatic nitrogens is 2. The molecule has 6 heteroatoms. The standard InChI is InChI=1S/C16H20N4O.ClH/c21-16(14-6-9-17-10-7-14)18-12-13-2-4-15(5-3-13)20-11-1-8-19-20;/h1-5,8,11,14,17H,6-7,9-10,12H2,(H,18,21);1H. The van der Waals surface area contributed by atoms with Gasteiger partial charge in [-0.1, -0.05) is 12.1 Å². The van der Waals surface area contributed by atoms with Crippen LogP contribution >= 0.6 is 12.4 Å². The number of carbonyl (C=O) groups excluding carboxylic acids is 1. The molecule has 118 valence electrons. The molecule has 1 saturated heterocycles. The highest BCUT2D eigenvalue weighted by Crippen LogP contribution is 2.12. The fourth-order valence-corrected chi connectivity index (χ4v) is 2.61. The number of hydrogen-bond donors (Lipinski definition) is 2. The van der Waals surface area contributed by atoms with Crippen molar-refractivity contribution < 1.29 is 4.79 Å². The van der Waals surface area contributed by atoms with Crippen LogP contribution in [-0.2, 0) is 11.3 Å². The molecule has 0 unspecified atom stereocenters. The van der Waals surface area contributed by atoms with Gasteiger partial charge in [-0.2, -0.15) is 5.10 Å². The van der Waals surface area contributed by atoms with Crippen LogP contribution in [0.3, 0.4) is 0 Å². The molecule has 1 aliphatic rings. The molecule has 5 nitrogen and oxygen atoms in total. The summed E-state index contributed by atoms with van der Waals surface area (Å²) in [5.41, 5.74) is 2.13. The molecule has 0 saturated carbocycles. The number of rotatable bonds is 4. The Balaban J connectivity index is 0.00000176. The van der Waals surface area contributed by atoms with Gasteiger partial charge in [0, 0.05) is 24.9 Å². The van der Waals surface area contributed by atoms with Crippen LogP contribution in [0.15, 0.2) is 42.7 Å². The molecular formula is C16H21ClN4O. The van der Waals surface area contributed by atoms with Crippen molar-refractivity contribution in [1.29, 1.82) is 0 Å². The van der Waals surface area contributed by atoms with E-state index >= 15 is 0 Å².